The fourth-order valence-electron chi connectivity index (χ4n) is 2.44. The third kappa shape index (κ3) is 3.33. The molecule has 0 spiro atoms. The molecule has 1 fully saturated rings. The van der Waals surface area contributed by atoms with Gasteiger partial charge in [-0.2, -0.15) is 0 Å². The monoisotopic (exact) mass is 304 g/mol. The Kier molecular flexibility index (Phi) is 4.20. The molecule has 0 aliphatic carbocycles. The predicted molar refractivity (Wildman–Crippen MR) is 76.7 cm³/mol. The molecule has 116 valence electrons. The van der Waals surface area contributed by atoms with Gasteiger partial charge >= 0.3 is 0 Å². The summed E-state index contributed by atoms with van der Waals surface area (Å²) in [7, 11) is 0. The molecule has 6 heteroatoms. The van der Waals surface area contributed by atoms with Crippen LogP contribution in [0.1, 0.15) is 30.2 Å². The molecule has 1 saturated heterocycles. The van der Waals surface area contributed by atoms with Crippen molar-refractivity contribution in [3.05, 3.63) is 53.5 Å². The van der Waals surface area contributed by atoms with Crippen LogP contribution in [0.5, 0.6) is 0 Å². The van der Waals surface area contributed by atoms with E-state index in [4.69, 9.17) is 9.15 Å². The second-order valence-electron chi connectivity index (χ2n) is 5.29. The van der Waals surface area contributed by atoms with Crippen molar-refractivity contribution in [3.63, 3.8) is 0 Å². The highest BCUT2D eigenvalue weighted by molar-refractivity contribution is 5.73. The number of rotatable bonds is 3. The molecular weight excluding hydrogens is 287 g/mol. The van der Waals surface area contributed by atoms with Crippen LogP contribution in [0.2, 0.25) is 0 Å². The zero-order valence-electron chi connectivity index (χ0n) is 12.3. The van der Waals surface area contributed by atoms with Crippen LogP contribution in [-0.4, -0.2) is 35.5 Å². The number of halogens is 1. The van der Waals surface area contributed by atoms with Crippen molar-refractivity contribution in [2.75, 3.05) is 19.7 Å². The van der Waals surface area contributed by atoms with E-state index in [2.05, 4.69) is 4.98 Å². The lowest BCUT2D eigenvalue weighted by atomic mass is 10.1. The summed E-state index contributed by atoms with van der Waals surface area (Å²) in [5, 5.41) is 0. The van der Waals surface area contributed by atoms with Gasteiger partial charge in [-0.25, -0.2) is 9.37 Å². The first kappa shape index (κ1) is 14.7. The number of hydrogen-bond acceptors (Lipinski definition) is 4. The van der Waals surface area contributed by atoms with Gasteiger partial charge in [0.2, 0.25) is 11.8 Å². The number of benzene rings is 1. The van der Waals surface area contributed by atoms with Gasteiger partial charge in [-0.05, 0) is 17.7 Å². The van der Waals surface area contributed by atoms with Gasteiger partial charge in [0.15, 0.2) is 6.10 Å². The molecule has 0 N–H and O–H groups in total. The molecular formula is C16H17FN2O3. The van der Waals surface area contributed by atoms with Crippen molar-refractivity contribution < 1.29 is 18.3 Å². The lowest BCUT2D eigenvalue weighted by Crippen LogP contribution is -2.41. The molecule has 2 heterocycles. The zero-order chi connectivity index (χ0) is 15.5. The van der Waals surface area contributed by atoms with Crippen molar-refractivity contribution in [2.24, 2.45) is 0 Å². The van der Waals surface area contributed by atoms with Gasteiger partial charge in [0.1, 0.15) is 11.6 Å². The summed E-state index contributed by atoms with van der Waals surface area (Å²) >= 11 is 0. The van der Waals surface area contributed by atoms with Gasteiger partial charge in [0.25, 0.3) is 0 Å². The highest BCUT2D eigenvalue weighted by Gasteiger charge is 2.27. The highest BCUT2D eigenvalue weighted by Crippen LogP contribution is 2.23. The summed E-state index contributed by atoms with van der Waals surface area (Å²) in [6.45, 7) is 3.05. The molecule has 0 radical (unpaired) electrons. The van der Waals surface area contributed by atoms with Crippen LogP contribution in [0.3, 0.4) is 0 Å². The lowest BCUT2D eigenvalue weighted by Gasteiger charge is -2.30. The van der Waals surface area contributed by atoms with E-state index in [9.17, 15) is 9.18 Å². The van der Waals surface area contributed by atoms with Gasteiger partial charge in [-0.3, -0.25) is 4.79 Å². The molecule has 3 rings (SSSR count). The summed E-state index contributed by atoms with van der Waals surface area (Å²) < 4.78 is 24.2. The molecule has 5 nitrogen and oxygen atoms in total. The molecule has 1 atom stereocenters. The van der Waals surface area contributed by atoms with Gasteiger partial charge in [0.05, 0.1) is 19.3 Å². The van der Waals surface area contributed by atoms with Gasteiger partial charge < -0.3 is 14.1 Å². The number of amides is 1. The molecule has 1 aromatic carbocycles. The van der Waals surface area contributed by atoms with Crippen LogP contribution >= 0.6 is 0 Å². The molecule has 1 aliphatic rings. The van der Waals surface area contributed by atoms with E-state index in [0.717, 1.165) is 5.56 Å². The Balaban J connectivity index is 1.68. The normalized spacial score (nSPS) is 18.5. The summed E-state index contributed by atoms with van der Waals surface area (Å²) in [6, 6.07) is 6.27. The van der Waals surface area contributed by atoms with Gasteiger partial charge in [-0.1, -0.05) is 12.1 Å². The largest absolute Gasteiger partial charge is 0.442 e. The number of morpholine rings is 1. The van der Waals surface area contributed by atoms with Crippen LogP contribution in [0.15, 0.2) is 34.9 Å². The maximum atomic E-state index is 12.9. The second-order valence-corrected chi connectivity index (χ2v) is 5.29. The maximum absolute atomic E-state index is 12.9. The second kappa shape index (κ2) is 6.27. The highest BCUT2D eigenvalue weighted by atomic mass is 19.1. The van der Waals surface area contributed by atoms with Crippen molar-refractivity contribution in [3.8, 4) is 0 Å². The van der Waals surface area contributed by atoms with Crippen molar-refractivity contribution in [1.82, 2.24) is 9.88 Å². The molecule has 1 aliphatic heterocycles. The first-order chi connectivity index (χ1) is 10.6. The number of oxazole rings is 1. The van der Waals surface area contributed by atoms with E-state index in [-0.39, 0.29) is 17.8 Å². The van der Waals surface area contributed by atoms with Crippen molar-refractivity contribution in [2.45, 2.75) is 19.4 Å². The fourth-order valence-corrected chi connectivity index (χ4v) is 2.44. The van der Waals surface area contributed by atoms with E-state index in [1.54, 1.807) is 23.2 Å². The molecule has 1 amide bonds. The summed E-state index contributed by atoms with van der Waals surface area (Å²) in [4.78, 5) is 17.4. The van der Waals surface area contributed by atoms with Crippen molar-refractivity contribution in [1.29, 1.82) is 0 Å². The average Bonchev–Trinajstić information content (AvgIpc) is 2.98. The molecule has 0 saturated carbocycles. The summed E-state index contributed by atoms with van der Waals surface area (Å²) in [6.07, 6.45) is 1.85. The minimum atomic E-state index is -0.334. The molecule has 22 heavy (non-hydrogen) atoms. The van der Waals surface area contributed by atoms with Gasteiger partial charge in [0, 0.05) is 19.9 Å². The molecule has 1 aromatic heterocycles. The lowest BCUT2D eigenvalue weighted by molar-refractivity contribution is -0.137. The standard InChI is InChI=1S/C16H17FN2O3/c1-11(20)19-6-7-21-15(10-19)16-18-9-14(22-16)8-12-2-4-13(17)5-3-12/h2-5,9,15H,6-8,10H2,1H3/t15-/m1/s1. The maximum Gasteiger partial charge on any atom is 0.225 e. The van der Waals surface area contributed by atoms with E-state index in [1.165, 1.54) is 19.1 Å². The number of carbonyl (C=O) groups excluding carboxylic acids is 1. The number of carbonyl (C=O) groups is 1. The topological polar surface area (TPSA) is 55.6 Å². The molecule has 0 bridgehead atoms. The van der Waals surface area contributed by atoms with Gasteiger partial charge in [-0.15, -0.1) is 0 Å². The van der Waals surface area contributed by atoms with Crippen LogP contribution in [-0.2, 0) is 16.0 Å². The summed E-state index contributed by atoms with van der Waals surface area (Å²) in [5.41, 5.74) is 0.944. The first-order valence-corrected chi connectivity index (χ1v) is 7.18. The number of hydrogen-bond donors (Lipinski definition) is 0. The fraction of sp³-hybridized carbons (Fsp3) is 0.375. The van der Waals surface area contributed by atoms with E-state index < -0.39 is 0 Å². The Morgan fingerprint density at radius 2 is 2.18 bits per heavy atom. The predicted octanol–water partition coefficient (Wildman–Crippen LogP) is 2.32. The number of ether oxygens (including phenoxy) is 1. The van der Waals surface area contributed by atoms with Crippen LogP contribution in [0.25, 0.3) is 0 Å². The SMILES string of the molecule is CC(=O)N1CCO[C@@H](c2ncc(Cc3ccc(F)cc3)o2)C1. The molecule has 0 unspecified atom stereocenters. The Labute approximate surface area is 127 Å². The third-order valence-electron chi connectivity index (χ3n) is 3.65. The average molecular weight is 304 g/mol. The molecule has 2 aromatic rings. The minimum Gasteiger partial charge on any atom is -0.442 e. The van der Waals surface area contributed by atoms with Crippen LogP contribution in [0.4, 0.5) is 4.39 Å². The number of aromatic nitrogens is 1. The van der Waals surface area contributed by atoms with E-state index in [0.29, 0.717) is 37.8 Å². The van der Waals surface area contributed by atoms with Crippen molar-refractivity contribution >= 4 is 5.91 Å². The Morgan fingerprint density at radius 3 is 2.91 bits per heavy atom. The quantitative estimate of drug-likeness (QED) is 0.873. The van der Waals surface area contributed by atoms with Crippen LogP contribution in [0, 0.1) is 5.82 Å². The minimum absolute atomic E-state index is 0.0198. The van der Waals surface area contributed by atoms with E-state index >= 15 is 0 Å². The smallest absolute Gasteiger partial charge is 0.225 e. The summed E-state index contributed by atoms with van der Waals surface area (Å²) in [5.74, 6) is 0.918. The third-order valence-corrected chi connectivity index (χ3v) is 3.65. The number of nitrogens with zero attached hydrogens (tertiary/aromatic N) is 2. The van der Waals surface area contributed by atoms with Crippen LogP contribution < -0.4 is 0 Å². The Hall–Kier alpha value is -2.21. The Morgan fingerprint density at radius 1 is 1.41 bits per heavy atom. The zero-order valence-corrected chi connectivity index (χ0v) is 12.3. The van der Waals surface area contributed by atoms with E-state index in [1.807, 2.05) is 0 Å². The first-order valence-electron chi connectivity index (χ1n) is 7.18. The Bertz CT molecular complexity index is 654.